The number of anilines is 2. The molecule has 1 aliphatic heterocycles. The molecule has 2 N–H and O–H groups in total. The van der Waals surface area contributed by atoms with Crippen LogP contribution in [0, 0.1) is 13.8 Å². The summed E-state index contributed by atoms with van der Waals surface area (Å²) in [4.78, 5) is 43.9. The van der Waals surface area contributed by atoms with Gasteiger partial charge in [-0.05, 0) is 32.9 Å². The molecule has 1 aromatic carbocycles. The molecule has 2 aromatic rings. The Morgan fingerprint density at radius 1 is 1.32 bits per heavy atom. The molecule has 25 heavy (non-hydrogen) atoms. The Bertz CT molecular complexity index is 842. The maximum absolute atomic E-state index is 12.6. The standard InChI is InChI=1S/C17H18N4O3S/c1-9-11(3)25-17(19-9)20-14(22)8-21-13-7-5-4-6-12(13)15(23)18-10(2)16(21)24/h4-7,10H,8H2,1-3H3,(H,18,23)(H,19,20,22)/t10-/m0/s1. The highest BCUT2D eigenvalue weighted by atomic mass is 32.1. The van der Waals surface area contributed by atoms with Gasteiger partial charge >= 0.3 is 0 Å². The van der Waals surface area contributed by atoms with Gasteiger partial charge in [-0.25, -0.2) is 4.98 Å². The Morgan fingerprint density at radius 3 is 2.72 bits per heavy atom. The first-order valence-corrected chi connectivity index (χ1v) is 8.63. The maximum Gasteiger partial charge on any atom is 0.254 e. The molecule has 1 aromatic heterocycles. The van der Waals surface area contributed by atoms with E-state index in [0.29, 0.717) is 16.4 Å². The third-order valence-corrected chi connectivity index (χ3v) is 4.99. The molecule has 8 heteroatoms. The molecule has 0 bridgehead atoms. The molecule has 3 amide bonds. The maximum atomic E-state index is 12.6. The smallest absolute Gasteiger partial charge is 0.254 e. The topological polar surface area (TPSA) is 91.4 Å². The van der Waals surface area contributed by atoms with Crippen LogP contribution in [0.1, 0.15) is 27.9 Å². The van der Waals surface area contributed by atoms with Gasteiger partial charge in [0.25, 0.3) is 5.91 Å². The highest BCUT2D eigenvalue weighted by Gasteiger charge is 2.32. The van der Waals surface area contributed by atoms with Gasteiger partial charge in [0, 0.05) is 4.88 Å². The van der Waals surface area contributed by atoms with Gasteiger partial charge in [0.1, 0.15) is 12.6 Å². The molecule has 1 aliphatic rings. The number of aromatic nitrogens is 1. The molecule has 0 unspecified atom stereocenters. The zero-order chi connectivity index (χ0) is 18.1. The molecule has 0 spiro atoms. The van der Waals surface area contributed by atoms with E-state index in [2.05, 4.69) is 15.6 Å². The summed E-state index contributed by atoms with van der Waals surface area (Å²) in [5, 5.41) is 5.86. The second-order valence-corrected chi connectivity index (χ2v) is 7.05. The van der Waals surface area contributed by atoms with Crippen LogP contribution in [0.15, 0.2) is 24.3 Å². The Balaban J connectivity index is 1.86. The fourth-order valence-electron chi connectivity index (χ4n) is 2.58. The molecule has 0 fully saturated rings. The van der Waals surface area contributed by atoms with E-state index in [-0.39, 0.29) is 24.3 Å². The quantitative estimate of drug-likeness (QED) is 0.876. The number of amides is 3. The molecule has 0 aliphatic carbocycles. The first kappa shape index (κ1) is 17.1. The highest BCUT2D eigenvalue weighted by molar-refractivity contribution is 7.15. The van der Waals surface area contributed by atoms with Crippen LogP contribution in [-0.4, -0.2) is 35.3 Å². The molecule has 3 rings (SSSR count). The van der Waals surface area contributed by atoms with Crippen molar-refractivity contribution in [2.75, 3.05) is 16.8 Å². The first-order valence-electron chi connectivity index (χ1n) is 7.82. The van der Waals surface area contributed by atoms with Crippen molar-refractivity contribution in [3.05, 3.63) is 40.4 Å². The van der Waals surface area contributed by atoms with Crippen molar-refractivity contribution < 1.29 is 14.4 Å². The molecule has 0 saturated carbocycles. The molecule has 1 atom stereocenters. The lowest BCUT2D eigenvalue weighted by Crippen LogP contribution is -2.46. The zero-order valence-electron chi connectivity index (χ0n) is 14.1. The van der Waals surface area contributed by atoms with E-state index in [1.54, 1.807) is 31.2 Å². The summed E-state index contributed by atoms with van der Waals surface area (Å²) in [6, 6.07) is 6.04. The SMILES string of the molecule is Cc1nc(NC(=O)CN2C(=O)[C@H](C)NC(=O)c3ccccc32)sc1C. The number of carbonyl (C=O) groups excluding carboxylic acids is 3. The fraction of sp³-hybridized carbons (Fsp3) is 0.294. The van der Waals surface area contributed by atoms with Crippen molar-refractivity contribution in [1.82, 2.24) is 10.3 Å². The van der Waals surface area contributed by atoms with E-state index in [1.807, 2.05) is 13.8 Å². The minimum absolute atomic E-state index is 0.188. The molecule has 7 nitrogen and oxygen atoms in total. The van der Waals surface area contributed by atoms with Gasteiger partial charge in [0.05, 0.1) is 16.9 Å². The van der Waals surface area contributed by atoms with Crippen LogP contribution in [-0.2, 0) is 9.59 Å². The lowest BCUT2D eigenvalue weighted by atomic mass is 10.1. The predicted molar refractivity (Wildman–Crippen MR) is 95.9 cm³/mol. The Labute approximate surface area is 149 Å². The fourth-order valence-corrected chi connectivity index (χ4v) is 3.41. The number of carbonyl (C=O) groups is 3. The second-order valence-electron chi connectivity index (χ2n) is 5.85. The third-order valence-electron chi connectivity index (χ3n) is 4.00. The first-order chi connectivity index (χ1) is 11.9. The van der Waals surface area contributed by atoms with Crippen LogP contribution in [0.3, 0.4) is 0 Å². The number of nitrogens with one attached hydrogen (secondary N) is 2. The third kappa shape index (κ3) is 3.39. The van der Waals surface area contributed by atoms with E-state index in [0.717, 1.165) is 10.6 Å². The predicted octanol–water partition coefficient (Wildman–Crippen LogP) is 1.86. The van der Waals surface area contributed by atoms with Crippen LogP contribution < -0.4 is 15.5 Å². The van der Waals surface area contributed by atoms with Crippen molar-refractivity contribution in [3.8, 4) is 0 Å². The van der Waals surface area contributed by atoms with Gasteiger partial charge in [-0.3, -0.25) is 14.4 Å². The van der Waals surface area contributed by atoms with Gasteiger partial charge in [0.2, 0.25) is 11.8 Å². The number of thiazole rings is 1. The number of para-hydroxylation sites is 1. The molecular weight excluding hydrogens is 340 g/mol. The van der Waals surface area contributed by atoms with Gasteiger partial charge in [-0.2, -0.15) is 0 Å². The minimum atomic E-state index is -0.711. The summed E-state index contributed by atoms with van der Waals surface area (Å²) in [5.41, 5.74) is 1.66. The number of nitrogens with zero attached hydrogens (tertiary/aromatic N) is 2. The minimum Gasteiger partial charge on any atom is -0.340 e. The van der Waals surface area contributed by atoms with E-state index in [1.165, 1.54) is 16.2 Å². The van der Waals surface area contributed by atoms with Gasteiger partial charge < -0.3 is 15.5 Å². The number of rotatable bonds is 3. The summed E-state index contributed by atoms with van der Waals surface area (Å²) in [5.74, 6) is -1.02. The van der Waals surface area contributed by atoms with E-state index in [4.69, 9.17) is 0 Å². The molecule has 0 radical (unpaired) electrons. The number of fused-ring (bicyclic) bond motifs is 1. The van der Waals surface area contributed by atoms with Crippen LogP contribution in [0.4, 0.5) is 10.8 Å². The number of aryl methyl sites for hydroxylation is 2. The Hall–Kier alpha value is -2.74. The zero-order valence-corrected chi connectivity index (χ0v) is 14.9. The monoisotopic (exact) mass is 358 g/mol. The molecule has 2 heterocycles. The summed E-state index contributed by atoms with van der Waals surface area (Å²) in [7, 11) is 0. The Morgan fingerprint density at radius 2 is 2.04 bits per heavy atom. The van der Waals surface area contributed by atoms with E-state index < -0.39 is 6.04 Å². The van der Waals surface area contributed by atoms with Gasteiger partial charge in [-0.15, -0.1) is 11.3 Å². The molecule has 130 valence electrons. The number of benzene rings is 1. The van der Waals surface area contributed by atoms with Crippen molar-refractivity contribution in [2.24, 2.45) is 0 Å². The number of hydrogen-bond acceptors (Lipinski definition) is 5. The van der Waals surface area contributed by atoms with Crippen molar-refractivity contribution in [2.45, 2.75) is 26.8 Å². The van der Waals surface area contributed by atoms with E-state index in [9.17, 15) is 14.4 Å². The largest absolute Gasteiger partial charge is 0.340 e. The second kappa shape index (κ2) is 6.64. The van der Waals surface area contributed by atoms with Crippen molar-refractivity contribution in [3.63, 3.8) is 0 Å². The Kier molecular flexibility index (Phi) is 4.54. The van der Waals surface area contributed by atoms with Crippen molar-refractivity contribution in [1.29, 1.82) is 0 Å². The van der Waals surface area contributed by atoms with Crippen LogP contribution >= 0.6 is 11.3 Å². The highest BCUT2D eigenvalue weighted by Crippen LogP contribution is 2.25. The molecule has 0 saturated heterocycles. The van der Waals surface area contributed by atoms with Gasteiger partial charge in [0.15, 0.2) is 5.13 Å². The normalized spacial score (nSPS) is 16.9. The van der Waals surface area contributed by atoms with Crippen LogP contribution in [0.5, 0.6) is 0 Å². The summed E-state index contributed by atoms with van der Waals surface area (Å²) >= 11 is 1.38. The van der Waals surface area contributed by atoms with Gasteiger partial charge in [-0.1, -0.05) is 12.1 Å². The van der Waals surface area contributed by atoms with E-state index >= 15 is 0 Å². The summed E-state index contributed by atoms with van der Waals surface area (Å²) < 4.78 is 0. The van der Waals surface area contributed by atoms with Crippen molar-refractivity contribution >= 4 is 39.9 Å². The number of hydrogen-bond donors (Lipinski definition) is 2. The average Bonchev–Trinajstić information content (AvgIpc) is 2.85. The van der Waals surface area contributed by atoms with Crippen LogP contribution in [0.2, 0.25) is 0 Å². The summed E-state index contributed by atoms with van der Waals surface area (Å²) in [6.45, 7) is 5.21. The average molecular weight is 358 g/mol. The summed E-state index contributed by atoms with van der Waals surface area (Å²) in [6.07, 6.45) is 0. The lowest BCUT2D eigenvalue weighted by Gasteiger charge is -2.23. The molecular formula is C17H18N4O3S. The van der Waals surface area contributed by atoms with Crippen LogP contribution in [0.25, 0.3) is 0 Å². The lowest BCUT2D eigenvalue weighted by molar-refractivity contribution is -0.122.